The van der Waals surface area contributed by atoms with Gasteiger partial charge in [-0.3, -0.25) is 0 Å². The molecule has 1 aromatic carbocycles. The molecule has 1 aliphatic carbocycles. The fourth-order valence-corrected chi connectivity index (χ4v) is 2.98. The molecule has 0 aliphatic heterocycles. The molecule has 1 saturated carbocycles. The van der Waals surface area contributed by atoms with Gasteiger partial charge in [0.1, 0.15) is 11.3 Å². The predicted octanol–water partition coefficient (Wildman–Crippen LogP) is 4.67. The second-order valence-corrected chi connectivity index (χ2v) is 6.03. The van der Waals surface area contributed by atoms with Crippen molar-refractivity contribution in [1.29, 1.82) is 0 Å². The van der Waals surface area contributed by atoms with Gasteiger partial charge >= 0.3 is 0 Å². The smallest absolute Gasteiger partial charge is 0.134 e. The molecule has 2 aromatic rings. The topological polar surface area (TPSA) is 25.2 Å². The summed E-state index contributed by atoms with van der Waals surface area (Å²) in [6.45, 7) is 4.34. The normalized spacial score (nSPS) is 15.7. The fraction of sp³-hybridized carbons (Fsp3) is 0.556. The Labute approximate surface area is 121 Å². The summed E-state index contributed by atoms with van der Waals surface area (Å²) in [6, 6.07) is 8.44. The van der Waals surface area contributed by atoms with Crippen molar-refractivity contribution < 1.29 is 4.42 Å². The van der Waals surface area contributed by atoms with Crippen LogP contribution in [0, 0.1) is 5.92 Å². The zero-order chi connectivity index (χ0) is 13.8. The van der Waals surface area contributed by atoms with E-state index in [-0.39, 0.29) is 0 Å². The summed E-state index contributed by atoms with van der Waals surface area (Å²) in [6.07, 6.45) is 7.71. The lowest BCUT2D eigenvalue weighted by molar-refractivity contribution is 0.301. The van der Waals surface area contributed by atoms with Crippen LogP contribution in [0.1, 0.15) is 50.4 Å². The lowest BCUT2D eigenvalue weighted by Gasteiger charge is -2.25. The number of benzene rings is 1. The third-order valence-corrected chi connectivity index (χ3v) is 4.50. The molecule has 0 unspecified atom stereocenters. The Hall–Kier alpha value is -1.28. The van der Waals surface area contributed by atoms with Crippen molar-refractivity contribution in [1.82, 2.24) is 5.32 Å². The van der Waals surface area contributed by atoms with E-state index < -0.39 is 0 Å². The van der Waals surface area contributed by atoms with E-state index in [1.807, 2.05) is 0 Å². The molecule has 0 atom stereocenters. The van der Waals surface area contributed by atoms with Crippen molar-refractivity contribution in [2.75, 3.05) is 6.54 Å². The summed E-state index contributed by atoms with van der Waals surface area (Å²) in [5, 5.41) is 4.93. The second kappa shape index (κ2) is 6.45. The lowest BCUT2D eigenvalue weighted by atomic mass is 9.85. The number of aryl methyl sites for hydroxylation is 1. The number of furan rings is 1. The standard InChI is InChI=1S/C18H25NO/c1-2-3-10-18-16(13-19-12-14-7-6-8-14)15-9-4-5-11-17(15)20-18/h4-5,9,11,14,19H,2-3,6-8,10,12-13H2,1H3. The highest BCUT2D eigenvalue weighted by atomic mass is 16.3. The molecular weight excluding hydrogens is 246 g/mol. The zero-order valence-electron chi connectivity index (χ0n) is 12.5. The highest BCUT2D eigenvalue weighted by Crippen LogP contribution is 2.28. The number of para-hydroxylation sites is 1. The number of rotatable bonds is 7. The van der Waals surface area contributed by atoms with E-state index in [0.717, 1.165) is 31.0 Å². The Balaban J connectivity index is 1.74. The van der Waals surface area contributed by atoms with Gasteiger partial charge in [-0.2, -0.15) is 0 Å². The van der Waals surface area contributed by atoms with Crippen LogP contribution < -0.4 is 5.32 Å². The SMILES string of the molecule is CCCCc1oc2ccccc2c1CNCC1CCC1. The molecule has 1 N–H and O–H groups in total. The Kier molecular flexibility index (Phi) is 4.41. The first kappa shape index (κ1) is 13.7. The lowest BCUT2D eigenvalue weighted by Crippen LogP contribution is -2.27. The number of hydrogen-bond acceptors (Lipinski definition) is 2. The van der Waals surface area contributed by atoms with Crippen LogP contribution in [0.3, 0.4) is 0 Å². The maximum Gasteiger partial charge on any atom is 0.134 e. The first-order valence-corrected chi connectivity index (χ1v) is 8.08. The Morgan fingerprint density at radius 3 is 2.85 bits per heavy atom. The zero-order valence-corrected chi connectivity index (χ0v) is 12.5. The van der Waals surface area contributed by atoms with Crippen LogP contribution in [0.2, 0.25) is 0 Å². The monoisotopic (exact) mass is 271 g/mol. The van der Waals surface area contributed by atoms with Crippen molar-refractivity contribution >= 4 is 11.0 Å². The molecule has 0 saturated heterocycles. The highest BCUT2D eigenvalue weighted by molar-refractivity contribution is 5.82. The van der Waals surface area contributed by atoms with Gasteiger partial charge in [-0.05, 0) is 37.8 Å². The van der Waals surface area contributed by atoms with Crippen molar-refractivity contribution in [3.05, 3.63) is 35.6 Å². The summed E-state index contributed by atoms with van der Waals surface area (Å²) in [4.78, 5) is 0. The largest absolute Gasteiger partial charge is 0.461 e. The molecule has 1 fully saturated rings. The quantitative estimate of drug-likeness (QED) is 0.792. The fourth-order valence-electron chi connectivity index (χ4n) is 2.98. The molecule has 1 aromatic heterocycles. The third-order valence-electron chi connectivity index (χ3n) is 4.50. The summed E-state index contributed by atoms with van der Waals surface area (Å²) < 4.78 is 6.06. The molecule has 2 heteroatoms. The van der Waals surface area contributed by atoms with E-state index in [0.29, 0.717) is 0 Å². The third kappa shape index (κ3) is 2.90. The molecule has 0 amide bonds. The molecule has 0 bridgehead atoms. The Morgan fingerprint density at radius 2 is 2.10 bits per heavy atom. The Morgan fingerprint density at radius 1 is 1.25 bits per heavy atom. The van der Waals surface area contributed by atoms with Crippen LogP contribution in [0.25, 0.3) is 11.0 Å². The van der Waals surface area contributed by atoms with E-state index in [9.17, 15) is 0 Å². The van der Waals surface area contributed by atoms with Crippen LogP contribution in [-0.2, 0) is 13.0 Å². The van der Waals surface area contributed by atoms with Gasteiger partial charge in [0.25, 0.3) is 0 Å². The molecule has 3 rings (SSSR count). The number of nitrogens with one attached hydrogen (secondary N) is 1. The highest BCUT2D eigenvalue weighted by Gasteiger charge is 2.18. The molecule has 108 valence electrons. The summed E-state index contributed by atoms with van der Waals surface area (Å²) in [5.74, 6) is 2.10. The number of unbranched alkanes of at least 4 members (excludes halogenated alkanes) is 1. The predicted molar refractivity (Wildman–Crippen MR) is 83.9 cm³/mol. The number of hydrogen-bond donors (Lipinski definition) is 1. The average Bonchev–Trinajstić information content (AvgIpc) is 2.77. The number of fused-ring (bicyclic) bond motifs is 1. The first-order valence-electron chi connectivity index (χ1n) is 8.08. The minimum atomic E-state index is 0.909. The maximum absolute atomic E-state index is 6.06. The van der Waals surface area contributed by atoms with E-state index >= 15 is 0 Å². The van der Waals surface area contributed by atoms with Crippen LogP contribution in [0.4, 0.5) is 0 Å². The van der Waals surface area contributed by atoms with Gasteiger partial charge in [-0.1, -0.05) is 38.0 Å². The molecule has 20 heavy (non-hydrogen) atoms. The van der Waals surface area contributed by atoms with Crippen molar-refractivity contribution in [2.24, 2.45) is 5.92 Å². The average molecular weight is 271 g/mol. The van der Waals surface area contributed by atoms with Crippen LogP contribution in [-0.4, -0.2) is 6.54 Å². The van der Waals surface area contributed by atoms with E-state index in [2.05, 4.69) is 36.5 Å². The van der Waals surface area contributed by atoms with Gasteiger partial charge in [0.2, 0.25) is 0 Å². The molecule has 1 aliphatic rings. The Bertz CT molecular complexity index is 554. The minimum Gasteiger partial charge on any atom is -0.461 e. The summed E-state index contributed by atoms with van der Waals surface area (Å²) >= 11 is 0. The van der Waals surface area contributed by atoms with Gasteiger partial charge < -0.3 is 9.73 Å². The van der Waals surface area contributed by atoms with Crippen molar-refractivity contribution in [3.63, 3.8) is 0 Å². The van der Waals surface area contributed by atoms with Gasteiger partial charge in [0.05, 0.1) is 0 Å². The van der Waals surface area contributed by atoms with Gasteiger partial charge in [0.15, 0.2) is 0 Å². The molecular formula is C18H25NO. The first-order chi connectivity index (χ1) is 9.88. The van der Waals surface area contributed by atoms with Crippen LogP contribution >= 0.6 is 0 Å². The van der Waals surface area contributed by atoms with Crippen LogP contribution in [0.5, 0.6) is 0 Å². The summed E-state index contributed by atoms with van der Waals surface area (Å²) in [7, 11) is 0. The van der Waals surface area contributed by atoms with E-state index in [1.165, 1.54) is 48.8 Å². The second-order valence-electron chi connectivity index (χ2n) is 6.03. The molecule has 0 radical (unpaired) electrons. The minimum absolute atomic E-state index is 0.909. The van der Waals surface area contributed by atoms with Crippen molar-refractivity contribution in [3.8, 4) is 0 Å². The van der Waals surface area contributed by atoms with E-state index in [1.54, 1.807) is 0 Å². The van der Waals surface area contributed by atoms with E-state index in [4.69, 9.17) is 4.42 Å². The maximum atomic E-state index is 6.06. The van der Waals surface area contributed by atoms with Gasteiger partial charge in [0, 0.05) is 23.9 Å². The molecule has 2 nitrogen and oxygen atoms in total. The van der Waals surface area contributed by atoms with Gasteiger partial charge in [-0.15, -0.1) is 0 Å². The molecule has 1 heterocycles. The molecule has 0 spiro atoms. The van der Waals surface area contributed by atoms with Crippen molar-refractivity contribution in [2.45, 2.75) is 52.0 Å². The van der Waals surface area contributed by atoms with Gasteiger partial charge in [-0.25, -0.2) is 0 Å². The van der Waals surface area contributed by atoms with Crippen LogP contribution in [0.15, 0.2) is 28.7 Å². The summed E-state index contributed by atoms with van der Waals surface area (Å²) in [5.41, 5.74) is 2.42.